The maximum atomic E-state index is 12.9. The van der Waals surface area contributed by atoms with E-state index in [9.17, 15) is 9.59 Å². The third-order valence-corrected chi connectivity index (χ3v) is 5.86. The fourth-order valence-electron chi connectivity index (χ4n) is 3.85. The first-order chi connectivity index (χ1) is 15.5. The molecular weight excluding hydrogens is 406 g/mol. The van der Waals surface area contributed by atoms with Crippen molar-refractivity contribution in [3.8, 4) is 5.75 Å². The second kappa shape index (κ2) is 9.68. The molecule has 1 aliphatic rings. The lowest BCUT2D eigenvalue weighted by Gasteiger charge is -2.31. The Morgan fingerprint density at radius 3 is 2.38 bits per heavy atom. The molecule has 1 aromatic heterocycles. The van der Waals surface area contributed by atoms with Gasteiger partial charge in [0, 0.05) is 30.3 Å². The second-order valence-corrected chi connectivity index (χ2v) is 8.04. The van der Waals surface area contributed by atoms with E-state index >= 15 is 0 Å². The summed E-state index contributed by atoms with van der Waals surface area (Å²) in [6.45, 7) is 5.24. The van der Waals surface area contributed by atoms with Crippen LogP contribution in [0.1, 0.15) is 40.2 Å². The molecule has 1 saturated heterocycles. The summed E-state index contributed by atoms with van der Waals surface area (Å²) in [5, 5.41) is 6.88. The molecule has 2 heterocycles. The number of nitrogens with zero attached hydrogens (tertiary/aromatic N) is 2. The maximum Gasteiger partial charge on any atom is 0.253 e. The standard InChI is InChI=1S/C25H27N3O4/c1-17-23(18(2)32-27-17)16-31-22-10-8-20(9-11-22)25(30)28-14-12-19(13-15-28)24(29)26-21-6-4-3-5-7-21/h3-11,19H,12-16H2,1-2H3,(H,26,29). The number of para-hydroxylation sites is 1. The van der Waals surface area contributed by atoms with E-state index in [4.69, 9.17) is 9.26 Å². The summed E-state index contributed by atoms with van der Waals surface area (Å²) < 4.78 is 11.0. The zero-order valence-corrected chi connectivity index (χ0v) is 18.3. The molecule has 0 atom stereocenters. The molecule has 32 heavy (non-hydrogen) atoms. The summed E-state index contributed by atoms with van der Waals surface area (Å²) in [4.78, 5) is 27.2. The Kier molecular flexibility index (Phi) is 6.54. The number of hydrogen-bond donors (Lipinski definition) is 1. The highest BCUT2D eigenvalue weighted by Gasteiger charge is 2.28. The molecule has 4 rings (SSSR count). The van der Waals surface area contributed by atoms with E-state index in [-0.39, 0.29) is 17.7 Å². The van der Waals surface area contributed by atoms with Gasteiger partial charge in [0.25, 0.3) is 5.91 Å². The topological polar surface area (TPSA) is 84.7 Å². The van der Waals surface area contributed by atoms with Crippen molar-refractivity contribution in [3.63, 3.8) is 0 Å². The molecule has 0 bridgehead atoms. The number of aryl methyl sites for hydroxylation is 2. The number of anilines is 1. The molecular formula is C25H27N3O4. The van der Waals surface area contributed by atoms with E-state index in [2.05, 4.69) is 10.5 Å². The van der Waals surface area contributed by atoms with Gasteiger partial charge in [0.15, 0.2) is 0 Å². The van der Waals surface area contributed by atoms with Gasteiger partial charge >= 0.3 is 0 Å². The molecule has 166 valence electrons. The quantitative estimate of drug-likeness (QED) is 0.624. The van der Waals surface area contributed by atoms with Crippen molar-refractivity contribution in [2.75, 3.05) is 18.4 Å². The van der Waals surface area contributed by atoms with Gasteiger partial charge in [0.1, 0.15) is 18.1 Å². The molecule has 7 nitrogen and oxygen atoms in total. The van der Waals surface area contributed by atoms with Gasteiger partial charge in [-0.25, -0.2) is 0 Å². The maximum absolute atomic E-state index is 12.9. The molecule has 0 saturated carbocycles. The van der Waals surface area contributed by atoms with Gasteiger partial charge in [-0.3, -0.25) is 9.59 Å². The number of carbonyl (C=O) groups is 2. The van der Waals surface area contributed by atoms with Gasteiger partial charge in [0.2, 0.25) is 5.91 Å². The number of amides is 2. The molecule has 3 aromatic rings. The van der Waals surface area contributed by atoms with Gasteiger partial charge in [-0.05, 0) is 63.1 Å². The summed E-state index contributed by atoms with van der Waals surface area (Å²) >= 11 is 0. The van der Waals surface area contributed by atoms with Crippen LogP contribution in [0.25, 0.3) is 0 Å². The Morgan fingerprint density at radius 2 is 1.75 bits per heavy atom. The van der Waals surface area contributed by atoms with E-state index in [0.29, 0.717) is 43.9 Å². The van der Waals surface area contributed by atoms with E-state index in [0.717, 1.165) is 22.7 Å². The van der Waals surface area contributed by atoms with Crippen LogP contribution in [0.15, 0.2) is 59.1 Å². The molecule has 1 fully saturated rings. The molecule has 0 aliphatic carbocycles. The van der Waals surface area contributed by atoms with Gasteiger partial charge < -0.3 is 19.5 Å². The summed E-state index contributed by atoms with van der Waals surface area (Å²) in [5.41, 5.74) is 3.16. The van der Waals surface area contributed by atoms with Crippen LogP contribution in [0.2, 0.25) is 0 Å². The minimum absolute atomic E-state index is 0.0168. The smallest absolute Gasteiger partial charge is 0.253 e. The Balaban J connectivity index is 1.28. The molecule has 1 aliphatic heterocycles. The third-order valence-electron chi connectivity index (χ3n) is 5.86. The predicted octanol–water partition coefficient (Wildman–Crippen LogP) is 4.36. The summed E-state index contributed by atoms with van der Waals surface area (Å²) in [6.07, 6.45) is 1.31. The molecule has 0 unspecified atom stereocenters. The number of likely N-dealkylation sites (tertiary alicyclic amines) is 1. The summed E-state index contributed by atoms with van der Waals surface area (Å²) in [6, 6.07) is 16.6. The predicted molar refractivity (Wildman–Crippen MR) is 120 cm³/mol. The monoisotopic (exact) mass is 433 g/mol. The van der Waals surface area contributed by atoms with Crippen molar-refractivity contribution < 1.29 is 18.8 Å². The number of rotatable bonds is 6. The van der Waals surface area contributed by atoms with Gasteiger partial charge in [-0.2, -0.15) is 0 Å². The first-order valence-electron chi connectivity index (χ1n) is 10.8. The normalized spacial score (nSPS) is 14.2. The zero-order valence-electron chi connectivity index (χ0n) is 18.3. The fourth-order valence-corrected chi connectivity index (χ4v) is 3.85. The van der Waals surface area contributed by atoms with Crippen LogP contribution in [0.4, 0.5) is 5.69 Å². The molecule has 1 N–H and O–H groups in total. The van der Waals surface area contributed by atoms with Crippen molar-refractivity contribution in [1.82, 2.24) is 10.1 Å². The highest BCUT2D eigenvalue weighted by molar-refractivity contribution is 5.95. The van der Waals surface area contributed by atoms with Gasteiger partial charge in [0.05, 0.1) is 11.3 Å². The van der Waals surface area contributed by atoms with Crippen molar-refractivity contribution in [2.24, 2.45) is 5.92 Å². The van der Waals surface area contributed by atoms with E-state index < -0.39 is 0 Å². The molecule has 0 radical (unpaired) electrons. The first kappa shape index (κ1) is 21.6. The van der Waals surface area contributed by atoms with Crippen LogP contribution in [-0.2, 0) is 11.4 Å². The number of carbonyl (C=O) groups excluding carboxylic acids is 2. The lowest BCUT2D eigenvalue weighted by atomic mass is 9.95. The number of aromatic nitrogens is 1. The number of piperidine rings is 1. The Hall–Kier alpha value is -3.61. The van der Waals surface area contributed by atoms with Crippen molar-refractivity contribution >= 4 is 17.5 Å². The first-order valence-corrected chi connectivity index (χ1v) is 10.8. The van der Waals surface area contributed by atoms with Crippen molar-refractivity contribution in [1.29, 1.82) is 0 Å². The molecule has 0 spiro atoms. The Labute approximate surface area is 187 Å². The van der Waals surface area contributed by atoms with Gasteiger partial charge in [-0.15, -0.1) is 0 Å². The van der Waals surface area contributed by atoms with Crippen molar-refractivity contribution in [3.05, 3.63) is 77.2 Å². The summed E-state index contributed by atoms with van der Waals surface area (Å²) in [5.74, 6) is 1.33. The zero-order chi connectivity index (χ0) is 22.5. The SMILES string of the molecule is Cc1noc(C)c1COc1ccc(C(=O)N2CCC(C(=O)Nc3ccccc3)CC2)cc1. The number of hydrogen-bond acceptors (Lipinski definition) is 5. The Morgan fingerprint density at radius 1 is 1.06 bits per heavy atom. The Bertz CT molecular complexity index is 1050. The summed E-state index contributed by atoms with van der Waals surface area (Å²) in [7, 11) is 0. The van der Waals surface area contributed by atoms with E-state index in [1.807, 2.05) is 49.1 Å². The molecule has 2 aromatic carbocycles. The number of nitrogens with one attached hydrogen (secondary N) is 1. The van der Waals surface area contributed by atoms with Crippen LogP contribution >= 0.6 is 0 Å². The van der Waals surface area contributed by atoms with Gasteiger partial charge in [-0.1, -0.05) is 23.4 Å². The van der Waals surface area contributed by atoms with Crippen LogP contribution in [0.3, 0.4) is 0 Å². The van der Waals surface area contributed by atoms with E-state index in [1.165, 1.54) is 0 Å². The number of ether oxygens (including phenoxy) is 1. The van der Waals surface area contributed by atoms with Crippen LogP contribution in [-0.4, -0.2) is 35.0 Å². The lowest BCUT2D eigenvalue weighted by Crippen LogP contribution is -2.41. The second-order valence-electron chi connectivity index (χ2n) is 8.04. The van der Waals surface area contributed by atoms with Crippen LogP contribution in [0, 0.1) is 19.8 Å². The van der Waals surface area contributed by atoms with Crippen molar-refractivity contribution in [2.45, 2.75) is 33.3 Å². The average Bonchev–Trinajstić information content (AvgIpc) is 3.15. The average molecular weight is 434 g/mol. The van der Waals surface area contributed by atoms with Crippen LogP contribution < -0.4 is 10.1 Å². The highest BCUT2D eigenvalue weighted by atomic mass is 16.5. The fraction of sp³-hybridized carbons (Fsp3) is 0.320. The highest BCUT2D eigenvalue weighted by Crippen LogP contribution is 2.23. The molecule has 7 heteroatoms. The molecule has 2 amide bonds. The van der Waals surface area contributed by atoms with E-state index in [1.54, 1.807) is 24.3 Å². The minimum Gasteiger partial charge on any atom is -0.489 e. The minimum atomic E-state index is -0.0839. The largest absolute Gasteiger partial charge is 0.489 e. The third kappa shape index (κ3) is 4.99. The lowest BCUT2D eigenvalue weighted by molar-refractivity contribution is -0.121. The number of benzene rings is 2. The van der Waals surface area contributed by atoms with Crippen LogP contribution in [0.5, 0.6) is 5.75 Å².